The van der Waals surface area contributed by atoms with Gasteiger partial charge < -0.3 is 5.32 Å². The van der Waals surface area contributed by atoms with E-state index in [4.69, 9.17) is 11.6 Å². The van der Waals surface area contributed by atoms with Gasteiger partial charge in [-0.2, -0.15) is 0 Å². The van der Waals surface area contributed by atoms with Crippen molar-refractivity contribution in [3.63, 3.8) is 0 Å². The monoisotopic (exact) mass is 344 g/mol. The summed E-state index contributed by atoms with van der Waals surface area (Å²) in [6.07, 6.45) is 3.42. The van der Waals surface area contributed by atoms with Gasteiger partial charge in [0, 0.05) is 34.9 Å². The summed E-state index contributed by atoms with van der Waals surface area (Å²) in [6, 6.07) is 10.8. The van der Waals surface area contributed by atoms with E-state index in [-0.39, 0.29) is 6.03 Å². The largest absolute Gasteiger partial charge is 0.334 e. The molecule has 0 atom stereocenters. The number of benzene rings is 1. The molecule has 2 aromatic heterocycles. The molecule has 3 rings (SSSR count). The highest BCUT2D eigenvalue weighted by molar-refractivity contribution is 7.14. The van der Waals surface area contributed by atoms with Crippen LogP contribution < -0.4 is 10.6 Å². The Bertz CT molecular complexity index is 807. The van der Waals surface area contributed by atoms with Crippen LogP contribution in [-0.2, 0) is 6.54 Å². The van der Waals surface area contributed by atoms with Crippen LogP contribution in [0.4, 0.5) is 9.93 Å². The number of anilines is 1. The SMILES string of the molecule is O=C(NCc1cccc(Cl)c1)Nc1nc(-c2ccncc2)cs1. The minimum absolute atomic E-state index is 0.305. The lowest BCUT2D eigenvalue weighted by atomic mass is 10.2. The Kier molecular flexibility index (Phi) is 4.85. The molecule has 0 bridgehead atoms. The molecule has 3 aromatic rings. The Morgan fingerprint density at radius 1 is 1.22 bits per heavy atom. The number of amides is 2. The van der Waals surface area contributed by atoms with E-state index in [1.165, 1.54) is 11.3 Å². The molecule has 0 radical (unpaired) electrons. The molecule has 0 fully saturated rings. The molecule has 0 aliphatic carbocycles. The van der Waals surface area contributed by atoms with Crippen molar-refractivity contribution >= 4 is 34.1 Å². The number of urea groups is 1. The maximum atomic E-state index is 11.9. The molecule has 1 aromatic carbocycles. The third-order valence-corrected chi connectivity index (χ3v) is 4.04. The predicted molar refractivity (Wildman–Crippen MR) is 92.7 cm³/mol. The fourth-order valence-electron chi connectivity index (χ4n) is 1.96. The second-order valence-electron chi connectivity index (χ2n) is 4.71. The van der Waals surface area contributed by atoms with Gasteiger partial charge >= 0.3 is 6.03 Å². The first-order chi connectivity index (χ1) is 11.2. The van der Waals surface area contributed by atoms with E-state index >= 15 is 0 Å². The average Bonchev–Trinajstić information content (AvgIpc) is 3.02. The smallest absolute Gasteiger partial charge is 0.321 e. The van der Waals surface area contributed by atoms with Gasteiger partial charge in [-0.15, -0.1) is 11.3 Å². The molecule has 116 valence electrons. The molecule has 0 unspecified atom stereocenters. The molecular weight excluding hydrogens is 332 g/mol. The Hall–Kier alpha value is -2.44. The molecule has 7 heteroatoms. The van der Waals surface area contributed by atoms with Crippen LogP contribution in [0.3, 0.4) is 0 Å². The van der Waals surface area contributed by atoms with Crippen LogP contribution >= 0.6 is 22.9 Å². The van der Waals surface area contributed by atoms with E-state index in [1.807, 2.05) is 35.7 Å². The van der Waals surface area contributed by atoms with Crippen LogP contribution in [0, 0.1) is 0 Å². The fraction of sp³-hybridized carbons (Fsp3) is 0.0625. The summed E-state index contributed by atoms with van der Waals surface area (Å²) >= 11 is 7.28. The molecule has 0 aliphatic heterocycles. The molecule has 23 heavy (non-hydrogen) atoms. The number of hydrogen-bond acceptors (Lipinski definition) is 4. The topological polar surface area (TPSA) is 66.9 Å². The molecule has 2 N–H and O–H groups in total. The van der Waals surface area contributed by atoms with Gasteiger partial charge in [0.25, 0.3) is 0 Å². The summed E-state index contributed by atoms with van der Waals surface area (Å²) in [6.45, 7) is 0.398. The minimum Gasteiger partial charge on any atom is -0.334 e. The molecular formula is C16H13ClN4OS. The van der Waals surface area contributed by atoms with Crippen molar-refractivity contribution in [3.8, 4) is 11.3 Å². The highest BCUT2D eigenvalue weighted by Gasteiger charge is 2.07. The lowest BCUT2D eigenvalue weighted by Gasteiger charge is -2.05. The van der Waals surface area contributed by atoms with Gasteiger partial charge in [0.1, 0.15) is 0 Å². The van der Waals surface area contributed by atoms with E-state index in [9.17, 15) is 4.79 Å². The second kappa shape index (κ2) is 7.21. The molecule has 0 aliphatic rings. The van der Waals surface area contributed by atoms with Crippen LogP contribution in [-0.4, -0.2) is 16.0 Å². The van der Waals surface area contributed by atoms with Crippen LogP contribution in [0.25, 0.3) is 11.3 Å². The number of aromatic nitrogens is 2. The van der Waals surface area contributed by atoms with Crippen LogP contribution in [0.2, 0.25) is 5.02 Å². The van der Waals surface area contributed by atoms with Crippen LogP contribution in [0.5, 0.6) is 0 Å². The number of nitrogens with zero attached hydrogens (tertiary/aromatic N) is 2. The lowest BCUT2D eigenvalue weighted by molar-refractivity contribution is 0.251. The Balaban J connectivity index is 1.57. The van der Waals surface area contributed by atoms with E-state index in [0.717, 1.165) is 16.8 Å². The van der Waals surface area contributed by atoms with E-state index in [1.54, 1.807) is 18.5 Å². The zero-order valence-corrected chi connectivity index (χ0v) is 13.6. The van der Waals surface area contributed by atoms with Crippen molar-refractivity contribution in [1.82, 2.24) is 15.3 Å². The van der Waals surface area contributed by atoms with Gasteiger partial charge in [-0.25, -0.2) is 9.78 Å². The zero-order valence-electron chi connectivity index (χ0n) is 12.0. The van der Waals surface area contributed by atoms with Crippen LogP contribution in [0.1, 0.15) is 5.56 Å². The quantitative estimate of drug-likeness (QED) is 0.746. The molecule has 0 saturated heterocycles. The van der Waals surface area contributed by atoms with E-state index in [2.05, 4.69) is 20.6 Å². The van der Waals surface area contributed by atoms with Crippen molar-refractivity contribution in [2.45, 2.75) is 6.54 Å². The molecule has 0 saturated carbocycles. The minimum atomic E-state index is -0.305. The highest BCUT2D eigenvalue weighted by atomic mass is 35.5. The lowest BCUT2D eigenvalue weighted by Crippen LogP contribution is -2.28. The summed E-state index contributed by atoms with van der Waals surface area (Å²) < 4.78 is 0. The number of carbonyl (C=O) groups is 1. The third-order valence-electron chi connectivity index (χ3n) is 3.04. The van der Waals surface area contributed by atoms with Gasteiger partial charge in [0.15, 0.2) is 5.13 Å². The zero-order chi connectivity index (χ0) is 16.1. The molecule has 5 nitrogen and oxygen atoms in total. The number of halogens is 1. The fourth-order valence-corrected chi connectivity index (χ4v) is 2.88. The number of rotatable bonds is 4. The number of nitrogens with one attached hydrogen (secondary N) is 2. The first-order valence-electron chi connectivity index (χ1n) is 6.86. The summed E-state index contributed by atoms with van der Waals surface area (Å²) in [5, 5.41) is 8.58. The number of pyridine rings is 1. The maximum absolute atomic E-state index is 11.9. The normalized spacial score (nSPS) is 10.3. The van der Waals surface area contributed by atoms with Crippen molar-refractivity contribution in [3.05, 3.63) is 64.8 Å². The van der Waals surface area contributed by atoms with Crippen molar-refractivity contribution in [1.29, 1.82) is 0 Å². The van der Waals surface area contributed by atoms with Gasteiger partial charge in [-0.1, -0.05) is 23.7 Å². The maximum Gasteiger partial charge on any atom is 0.321 e. The number of hydrogen-bond donors (Lipinski definition) is 2. The molecule has 2 amide bonds. The first-order valence-corrected chi connectivity index (χ1v) is 8.12. The predicted octanol–water partition coefficient (Wildman–Crippen LogP) is 4.18. The Labute approximate surface area is 142 Å². The van der Waals surface area contributed by atoms with Crippen LogP contribution in [0.15, 0.2) is 54.2 Å². The average molecular weight is 345 g/mol. The summed E-state index contributed by atoms with van der Waals surface area (Å²) in [5.41, 5.74) is 2.70. The third kappa shape index (κ3) is 4.28. The summed E-state index contributed by atoms with van der Waals surface area (Å²) in [5.74, 6) is 0. The Morgan fingerprint density at radius 2 is 2.04 bits per heavy atom. The van der Waals surface area contributed by atoms with Crippen molar-refractivity contribution in [2.75, 3.05) is 5.32 Å². The number of carbonyl (C=O) groups excluding carboxylic acids is 1. The Morgan fingerprint density at radius 3 is 2.83 bits per heavy atom. The van der Waals surface area contributed by atoms with E-state index in [0.29, 0.717) is 16.7 Å². The summed E-state index contributed by atoms with van der Waals surface area (Å²) in [7, 11) is 0. The van der Waals surface area contributed by atoms with Gasteiger partial charge in [0.05, 0.1) is 5.69 Å². The van der Waals surface area contributed by atoms with E-state index < -0.39 is 0 Å². The summed E-state index contributed by atoms with van der Waals surface area (Å²) in [4.78, 5) is 20.3. The van der Waals surface area contributed by atoms with Gasteiger partial charge in [-0.05, 0) is 29.8 Å². The van der Waals surface area contributed by atoms with Gasteiger partial charge in [0.2, 0.25) is 0 Å². The second-order valence-corrected chi connectivity index (χ2v) is 6.01. The number of thiazole rings is 1. The highest BCUT2D eigenvalue weighted by Crippen LogP contribution is 2.24. The standard InChI is InChI=1S/C16H13ClN4OS/c17-13-3-1-2-11(8-13)9-19-15(22)21-16-20-14(10-23-16)12-4-6-18-7-5-12/h1-8,10H,9H2,(H2,19,20,21,22). The first kappa shape index (κ1) is 15.5. The van der Waals surface area contributed by atoms with Gasteiger partial charge in [-0.3, -0.25) is 10.3 Å². The molecule has 2 heterocycles. The van der Waals surface area contributed by atoms with Crippen molar-refractivity contribution in [2.24, 2.45) is 0 Å². The molecule has 0 spiro atoms. The van der Waals surface area contributed by atoms with Crippen molar-refractivity contribution < 1.29 is 4.79 Å².